The van der Waals surface area contributed by atoms with Gasteiger partial charge in [0.25, 0.3) is 0 Å². The Balaban J connectivity index is 3.20. The van der Waals surface area contributed by atoms with Crippen molar-refractivity contribution in [1.82, 2.24) is 4.90 Å². The van der Waals surface area contributed by atoms with E-state index in [9.17, 15) is 4.39 Å². The van der Waals surface area contributed by atoms with E-state index in [1.165, 1.54) is 12.1 Å². The number of likely N-dealkylation sites (N-methyl/N-ethyl adjacent to an activating group) is 1. The molecule has 0 aliphatic rings. The number of nitrogens with two attached hydrogens (primary N) is 1. The van der Waals surface area contributed by atoms with Crippen molar-refractivity contribution >= 4 is 0 Å². The first-order valence-electron chi connectivity index (χ1n) is 6.01. The van der Waals surface area contributed by atoms with Gasteiger partial charge in [0, 0.05) is 6.04 Å². The van der Waals surface area contributed by atoms with Crippen molar-refractivity contribution in [2.45, 2.75) is 32.4 Å². The minimum Gasteiger partial charge on any atom is -0.320 e. The second-order valence-electron chi connectivity index (χ2n) is 5.23. The van der Waals surface area contributed by atoms with E-state index in [0.29, 0.717) is 0 Å². The zero-order valence-electron chi connectivity index (χ0n) is 11.4. The normalized spacial score (nSPS) is 17.2. The van der Waals surface area contributed by atoms with Crippen LogP contribution in [0.2, 0.25) is 0 Å². The van der Waals surface area contributed by atoms with Crippen molar-refractivity contribution in [3.63, 3.8) is 0 Å². The van der Waals surface area contributed by atoms with E-state index in [2.05, 4.69) is 25.7 Å². The summed E-state index contributed by atoms with van der Waals surface area (Å²) in [5, 5.41) is 0. The summed E-state index contributed by atoms with van der Waals surface area (Å²) in [5.74, 6) is 0.0442. The summed E-state index contributed by atoms with van der Waals surface area (Å²) in [4.78, 5) is 2.10. The van der Waals surface area contributed by atoms with Crippen LogP contribution in [0.25, 0.3) is 0 Å². The molecule has 1 rings (SSSR count). The molecule has 2 N–H and O–H groups in total. The van der Waals surface area contributed by atoms with E-state index in [1.807, 2.05) is 14.1 Å². The van der Waals surface area contributed by atoms with Gasteiger partial charge in [-0.2, -0.15) is 0 Å². The molecule has 0 bridgehead atoms. The van der Waals surface area contributed by atoms with Crippen molar-refractivity contribution in [2.24, 2.45) is 11.7 Å². The van der Waals surface area contributed by atoms with Crippen LogP contribution in [0, 0.1) is 11.7 Å². The van der Waals surface area contributed by atoms with Gasteiger partial charge in [0.15, 0.2) is 0 Å². The van der Waals surface area contributed by atoms with E-state index in [-0.39, 0.29) is 17.8 Å². The van der Waals surface area contributed by atoms with Crippen molar-refractivity contribution < 1.29 is 4.39 Å². The molecule has 0 saturated carbocycles. The number of halogens is 1. The minimum absolute atomic E-state index is 0.174. The van der Waals surface area contributed by atoms with Crippen LogP contribution in [-0.4, -0.2) is 25.0 Å². The third kappa shape index (κ3) is 2.67. The lowest BCUT2D eigenvalue weighted by Gasteiger charge is -2.43. The maximum absolute atomic E-state index is 13.0. The molecule has 2 nitrogen and oxygen atoms in total. The van der Waals surface area contributed by atoms with Gasteiger partial charge in [-0.25, -0.2) is 4.39 Å². The highest BCUT2D eigenvalue weighted by molar-refractivity contribution is 5.27. The molecule has 0 aliphatic carbocycles. The van der Waals surface area contributed by atoms with Gasteiger partial charge in [0.05, 0.1) is 5.54 Å². The summed E-state index contributed by atoms with van der Waals surface area (Å²) in [6, 6.07) is 6.70. The van der Waals surface area contributed by atoms with Crippen LogP contribution >= 0.6 is 0 Å². The molecular weight excluding hydrogens is 215 g/mol. The molecular formula is C14H23FN2. The monoisotopic (exact) mass is 238 g/mol. The smallest absolute Gasteiger partial charge is 0.123 e. The molecule has 17 heavy (non-hydrogen) atoms. The molecule has 96 valence electrons. The molecule has 0 heterocycles. The Morgan fingerprint density at radius 2 is 1.59 bits per heavy atom. The lowest BCUT2D eigenvalue weighted by molar-refractivity contribution is 0.146. The van der Waals surface area contributed by atoms with Crippen LogP contribution in [0.1, 0.15) is 26.3 Å². The molecule has 1 aromatic rings. The zero-order valence-corrected chi connectivity index (χ0v) is 11.4. The summed E-state index contributed by atoms with van der Waals surface area (Å²) in [6.07, 6.45) is 0. The van der Waals surface area contributed by atoms with Crippen LogP contribution in [0.4, 0.5) is 4.39 Å². The quantitative estimate of drug-likeness (QED) is 0.873. The van der Waals surface area contributed by atoms with Crippen molar-refractivity contribution in [3.8, 4) is 0 Å². The highest BCUT2D eigenvalue weighted by Crippen LogP contribution is 2.32. The second-order valence-corrected chi connectivity index (χ2v) is 5.23. The molecule has 2 atom stereocenters. The molecule has 0 spiro atoms. The first kappa shape index (κ1) is 14.1. The van der Waals surface area contributed by atoms with Crippen LogP contribution < -0.4 is 5.73 Å². The summed E-state index contributed by atoms with van der Waals surface area (Å²) in [6.45, 7) is 6.30. The molecule has 0 amide bonds. The maximum atomic E-state index is 13.0. The van der Waals surface area contributed by atoms with Crippen LogP contribution in [-0.2, 0) is 5.54 Å². The third-order valence-corrected chi connectivity index (χ3v) is 3.77. The first-order chi connectivity index (χ1) is 7.80. The summed E-state index contributed by atoms with van der Waals surface area (Å²) in [5.41, 5.74) is 7.10. The van der Waals surface area contributed by atoms with E-state index >= 15 is 0 Å². The predicted molar refractivity (Wildman–Crippen MR) is 70.3 cm³/mol. The molecule has 0 aliphatic heterocycles. The SMILES string of the molecule is CC(C)C(N)(c1ccc(F)cc1)C(C)N(C)C. The Morgan fingerprint density at radius 1 is 1.12 bits per heavy atom. The van der Waals surface area contributed by atoms with E-state index in [4.69, 9.17) is 5.73 Å². The highest BCUT2D eigenvalue weighted by atomic mass is 19.1. The standard InChI is InChI=1S/C14H23FN2/c1-10(2)14(16,11(3)17(4)5)12-6-8-13(15)9-7-12/h6-11H,16H2,1-5H3. The second kappa shape index (κ2) is 5.15. The molecule has 1 aromatic carbocycles. The van der Waals surface area contributed by atoms with E-state index in [1.54, 1.807) is 12.1 Å². The third-order valence-electron chi connectivity index (χ3n) is 3.77. The van der Waals surface area contributed by atoms with Crippen LogP contribution in [0.15, 0.2) is 24.3 Å². The van der Waals surface area contributed by atoms with Gasteiger partial charge >= 0.3 is 0 Å². The Morgan fingerprint density at radius 3 is 1.94 bits per heavy atom. The van der Waals surface area contributed by atoms with E-state index < -0.39 is 5.54 Å². The summed E-state index contributed by atoms with van der Waals surface area (Å²) in [7, 11) is 4.02. The Bertz CT molecular complexity index is 359. The molecule has 0 aromatic heterocycles. The summed E-state index contributed by atoms with van der Waals surface area (Å²) < 4.78 is 13.0. The maximum Gasteiger partial charge on any atom is 0.123 e. The fourth-order valence-electron chi connectivity index (χ4n) is 2.22. The number of hydrogen-bond donors (Lipinski definition) is 1. The molecule has 0 radical (unpaired) electrons. The average Bonchev–Trinajstić information content (AvgIpc) is 2.27. The Hall–Kier alpha value is -0.930. The van der Waals surface area contributed by atoms with Gasteiger partial charge in [-0.15, -0.1) is 0 Å². The Labute approximate surface area is 104 Å². The number of benzene rings is 1. The topological polar surface area (TPSA) is 29.3 Å². The number of nitrogens with zero attached hydrogens (tertiary/aromatic N) is 1. The fourth-order valence-corrected chi connectivity index (χ4v) is 2.22. The molecule has 0 saturated heterocycles. The van der Waals surface area contributed by atoms with Gasteiger partial charge in [-0.3, -0.25) is 0 Å². The molecule has 3 heteroatoms. The van der Waals surface area contributed by atoms with Crippen molar-refractivity contribution in [3.05, 3.63) is 35.6 Å². The van der Waals surface area contributed by atoms with Gasteiger partial charge in [0.1, 0.15) is 5.82 Å². The van der Waals surface area contributed by atoms with Crippen LogP contribution in [0.5, 0.6) is 0 Å². The first-order valence-corrected chi connectivity index (χ1v) is 6.01. The van der Waals surface area contributed by atoms with E-state index in [0.717, 1.165) is 5.56 Å². The number of rotatable bonds is 4. The highest BCUT2D eigenvalue weighted by Gasteiger charge is 2.38. The summed E-state index contributed by atoms with van der Waals surface area (Å²) >= 11 is 0. The van der Waals surface area contributed by atoms with Crippen LogP contribution in [0.3, 0.4) is 0 Å². The average molecular weight is 238 g/mol. The Kier molecular flexibility index (Phi) is 4.28. The van der Waals surface area contributed by atoms with Crippen molar-refractivity contribution in [1.29, 1.82) is 0 Å². The van der Waals surface area contributed by atoms with Gasteiger partial charge in [-0.1, -0.05) is 26.0 Å². The molecule has 2 unspecified atom stereocenters. The lowest BCUT2D eigenvalue weighted by Crippen LogP contribution is -2.56. The number of hydrogen-bond acceptors (Lipinski definition) is 2. The van der Waals surface area contributed by atoms with Gasteiger partial charge in [-0.05, 0) is 44.6 Å². The zero-order chi connectivity index (χ0) is 13.2. The van der Waals surface area contributed by atoms with Gasteiger partial charge in [0.2, 0.25) is 0 Å². The molecule has 0 fully saturated rings. The minimum atomic E-state index is -0.475. The predicted octanol–water partition coefficient (Wildman–Crippen LogP) is 2.59. The van der Waals surface area contributed by atoms with Crippen molar-refractivity contribution in [2.75, 3.05) is 14.1 Å². The lowest BCUT2D eigenvalue weighted by atomic mass is 9.75. The largest absolute Gasteiger partial charge is 0.320 e. The van der Waals surface area contributed by atoms with Gasteiger partial charge < -0.3 is 10.6 Å². The fraction of sp³-hybridized carbons (Fsp3) is 0.571.